The number of nitrogens with one attached hydrogen (secondary N) is 3. The molecule has 5 N–H and O–H groups in total. The third-order valence-corrected chi connectivity index (χ3v) is 13.8. The number of anilines is 1. The van der Waals surface area contributed by atoms with Crippen LogP contribution >= 0.6 is 0 Å². The highest BCUT2D eigenvalue weighted by Crippen LogP contribution is 2.37. The average Bonchev–Trinajstić information content (AvgIpc) is 4.29. The van der Waals surface area contributed by atoms with Gasteiger partial charge in [0, 0.05) is 51.9 Å². The summed E-state index contributed by atoms with van der Waals surface area (Å²) in [5.74, 6) is 1.53. The van der Waals surface area contributed by atoms with Gasteiger partial charge in [0.05, 0.1) is 45.4 Å². The lowest BCUT2D eigenvalue weighted by Crippen LogP contribution is -2.31. The summed E-state index contributed by atoms with van der Waals surface area (Å²) in [6.45, 7) is 9.41. The van der Waals surface area contributed by atoms with Crippen molar-refractivity contribution in [1.82, 2.24) is 39.3 Å². The molecule has 0 aliphatic carbocycles. The van der Waals surface area contributed by atoms with Gasteiger partial charge in [-0.1, -0.05) is 84.4 Å². The van der Waals surface area contributed by atoms with Gasteiger partial charge in [0.2, 0.25) is 0 Å². The number of amides is 2. The van der Waals surface area contributed by atoms with Gasteiger partial charge in [-0.2, -0.15) is 0 Å². The number of imidazole rings is 2. The predicted octanol–water partition coefficient (Wildman–Crippen LogP) is 13.5. The van der Waals surface area contributed by atoms with Crippen LogP contribution in [0.5, 0.6) is 0 Å². The van der Waals surface area contributed by atoms with Crippen molar-refractivity contribution in [3.63, 3.8) is 0 Å². The second kappa shape index (κ2) is 20.2. The highest BCUT2D eigenvalue weighted by atomic mass is 16.6. The number of aromatic amines is 3. The molecule has 0 spiro atoms. The van der Waals surface area contributed by atoms with E-state index in [1.807, 2.05) is 149 Å². The molecule has 2 atom stereocenters. The summed E-state index contributed by atoms with van der Waals surface area (Å²) in [5.41, 5.74) is 18.0. The van der Waals surface area contributed by atoms with Crippen molar-refractivity contribution in [1.29, 1.82) is 0 Å². The van der Waals surface area contributed by atoms with E-state index < -0.39 is 11.7 Å². The van der Waals surface area contributed by atoms with Crippen LogP contribution in [0.25, 0.3) is 66.4 Å². The summed E-state index contributed by atoms with van der Waals surface area (Å²) in [6, 6.07) is 47.2. The Morgan fingerprint density at radius 2 is 1.17 bits per heavy atom. The first-order valence-corrected chi connectivity index (χ1v) is 25.5. The fourth-order valence-electron chi connectivity index (χ4n) is 10.2. The van der Waals surface area contributed by atoms with E-state index in [0.29, 0.717) is 13.1 Å². The molecule has 380 valence electrons. The molecule has 4 aromatic heterocycles. The minimum Gasteiger partial charge on any atom is -0.445 e. The molecule has 6 aromatic carbocycles. The second-order valence-electron chi connectivity index (χ2n) is 20.4. The first-order valence-electron chi connectivity index (χ1n) is 25.5. The number of hydrogen-bond donors (Lipinski definition) is 4. The van der Waals surface area contributed by atoms with Gasteiger partial charge in [-0.15, -0.1) is 0 Å². The molecule has 6 heterocycles. The van der Waals surface area contributed by atoms with Crippen molar-refractivity contribution in [3.8, 4) is 22.5 Å². The summed E-state index contributed by atoms with van der Waals surface area (Å²) in [5, 5.41) is 2.04. The van der Waals surface area contributed by atoms with Crippen LogP contribution in [0.1, 0.15) is 86.9 Å². The van der Waals surface area contributed by atoms with Crippen LogP contribution in [-0.4, -0.2) is 76.3 Å². The van der Waals surface area contributed by atoms with E-state index in [1.54, 1.807) is 14.4 Å². The van der Waals surface area contributed by atoms with Crippen LogP contribution in [0, 0.1) is 6.92 Å². The topological polar surface area (TPSA) is 189 Å². The van der Waals surface area contributed by atoms with Crippen molar-refractivity contribution in [3.05, 3.63) is 174 Å². The van der Waals surface area contributed by atoms with Gasteiger partial charge >= 0.3 is 18.3 Å². The Morgan fingerprint density at radius 1 is 0.600 bits per heavy atom. The maximum absolute atomic E-state index is 13.4. The Hall–Kier alpha value is -8.85. The zero-order chi connectivity index (χ0) is 51.8. The quantitative estimate of drug-likeness (QED) is 0.0848. The molecular weight excluding hydrogens is 943 g/mol. The predicted molar refractivity (Wildman–Crippen MR) is 292 cm³/mol. The Morgan fingerprint density at radius 3 is 1.76 bits per heavy atom. The number of nitrogen functional groups attached to an aromatic ring is 1. The number of likely N-dealkylation sites (tertiary alicyclic amines) is 2. The van der Waals surface area contributed by atoms with E-state index in [4.69, 9.17) is 29.9 Å². The number of benzene rings is 6. The first kappa shape index (κ1) is 48.4. The lowest BCUT2D eigenvalue weighted by molar-refractivity contribution is 0.0546. The third kappa shape index (κ3) is 10.4. The number of carbonyl (C=O) groups excluding carboxylic acids is 3. The zero-order valence-electron chi connectivity index (χ0n) is 42.4. The van der Waals surface area contributed by atoms with Crippen molar-refractivity contribution < 1.29 is 28.6 Å². The van der Waals surface area contributed by atoms with Gasteiger partial charge in [0.25, 0.3) is 0 Å². The van der Waals surface area contributed by atoms with Crippen molar-refractivity contribution in [2.24, 2.45) is 0 Å². The van der Waals surface area contributed by atoms with E-state index in [2.05, 4.69) is 39.2 Å². The summed E-state index contributed by atoms with van der Waals surface area (Å²) < 4.78 is 18.6. The molecule has 12 rings (SSSR count). The van der Waals surface area contributed by atoms with E-state index in [9.17, 15) is 14.4 Å². The number of fused-ring (bicyclic) bond motifs is 4. The van der Waals surface area contributed by atoms with E-state index >= 15 is 0 Å². The number of rotatable bonds is 8. The van der Waals surface area contributed by atoms with Crippen LogP contribution < -0.4 is 5.73 Å². The molecule has 15 nitrogen and oxygen atoms in total. The molecular formula is C60H59N9O6. The molecule has 2 amide bonds. The summed E-state index contributed by atoms with van der Waals surface area (Å²) in [7, 11) is 0. The summed E-state index contributed by atoms with van der Waals surface area (Å²) in [6.07, 6.45) is 2.40. The van der Waals surface area contributed by atoms with Crippen LogP contribution in [0.3, 0.4) is 0 Å². The molecule has 0 radical (unpaired) electrons. The SMILES string of the molecule is Cc1ccc2c(c1)cc(-c1ccc3nc([C@@H]4CCCN4C(=O)OCc4ccccc4)[nH]c3c1)n2C(=O)OC(C)(C)C.Nc1ccc2[nH]c(-c3ccc4nc([C@@H]5CCCN5C(=O)OCc5ccccc5)[nH]c4c3)cc2c1. The molecule has 0 saturated carbocycles. The Bertz CT molecular complexity index is 3720. The fraction of sp³-hybridized carbons (Fsp3) is 0.250. The number of nitrogens with two attached hydrogens (primary N) is 1. The van der Waals surface area contributed by atoms with Crippen LogP contribution in [0.15, 0.2) is 146 Å². The van der Waals surface area contributed by atoms with E-state index in [-0.39, 0.29) is 37.5 Å². The fourth-order valence-corrected chi connectivity index (χ4v) is 10.2. The van der Waals surface area contributed by atoms with Crippen molar-refractivity contribution >= 4 is 67.8 Å². The smallest absolute Gasteiger partial charge is 0.419 e. The van der Waals surface area contributed by atoms with E-state index in [0.717, 1.165) is 126 Å². The minimum atomic E-state index is -0.632. The largest absolute Gasteiger partial charge is 0.445 e. The number of nitrogens with zero attached hydrogens (tertiary/aromatic N) is 5. The monoisotopic (exact) mass is 1000 g/mol. The molecule has 10 aromatic rings. The van der Waals surface area contributed by atoms with Crippen molar-refractivity contribution in [2.75, 3.05) is 18.8 Å². The Labute approximate surface area is 433 Å². The van der Waals surface area contributed by atoms with Gasteiger partial charge in [-0.3, -0.25) is 9.80 Å². The van der Waals surface area contributed by atoms with Crippen molar-refractivity contribution in [2.45, 2.75) is 84.3 Å². The Kier molecular flexibility index (Phi) is 13.1. The van der Waals surface area contributed by atoms with Crippen LogP contribution in [0.4, 0.5) is 20.1 Å². The van der Waals surface area contributed by atoms with Gasteiger partial charge in [0.1, 0.15) is 30.5 Å². The highest BCUT2D eigenvalue weighted by molar-refractivity contribution is 5.98. The number of aromatic nitrogens is 6. The average molecular weight is 1000 g/mol. The zero-order valence-corrected chi connectivity index (χ0v) is 42.4. The van der Waals surface area contributed by atoms with E-state index in [1.165, 1.54) is 0 Å². The highest BCUT2D eigenvalue weighted by Gasteiger charge is 2.35. The third-order valence-electron chi connectivity index (χ3n) is 13.8. The molecule has 75 heavy (non-hydrogen) atoms. The van der Waals surface area contributed by atoms with Gasteiger partial charge in [-0.05, 0) is 131 Å². The molecule has 0 unspecified atom stereocenters. The van der Waals surface area contributed by atoms with Gasteiger partial charge in [-0.25, -0.2) is 28.9 Å². The first-order chi connectivity index (χ1) is 36.3. The number of aryl methyl sites for hydroxylation is 1. The number of hydrogen-bond acceptors (Lipinski definition) is 9. The minimum absolute atomic E-state index is 0.116. The summed E-state index contributed by atoms with van der Waals surface area (Å²) >= 11 is 0. The molecule has 2 aliphatic rings. The lowest BCUT2D eigenvalue weighted by atomic mass is 10.1. The molecule has 2 saturated heterocycles. The van der Waals surface area contributed by atoms with Crippen LogP contribution in [-0.2, 0) is 27.4 Å². The number of ether oxygens (including phenoxy) is 3. The van der Waals surface area contributed by atoms with Gasteiger partial charge in [0.15, 0.2) is 0 Å². The summed E-state index contributed by atoms with van der Waals surface area (Å²) in [4.78, 5) is 62.7. The Balaban J connectivity index is 0.000000163. The number of carbonyl (C=O) groups is 3. The van der Waals surface area contributed by atoms with Crippen LogP contribution in [0.2, 0.25) is 0 Å². The standard InChI is InChI=1S/C33H34N4O4.C27H25N5O2/c1-21-12-15-27-24(17-21)19-29(37(27)32(39)41-33(2,3)4)23-13-14-25-26(18-23)35-30(34-25)28-11-8-16-36(28)31(38)40-20-22-9-6-5-7-10-22;28-20-9-11-21-19(13-20)15-23(29-21)18-8-10-22-24(14-18)31-26(30-22)25-7-4-12-32(25)27(33)34-16-17-5-2-1-3-6-17/h5-7,9-10,12-15,17-19,28H,8,11,16,20H2,1-4H3,(H,34,35);1-3,5-6,8-11,13-15,25,29H,4,7,12,16,28H2,(H,30,31)/t28-;25-/m00/s1. The maximum atomic E-state index is 13.4. The molecule has 0 bridgehead atoms. The number of H-pyrrole nitrogens is 3. The van der Waals surface area contributed by atoms with Gasteiger partial charge < -0.3 is 34.9 Å². The normalized spacial score (nSPS) is 15.7. The molecule has 2 aliphatic heterocycles. The molecule has 2 fully saturated rings. The molecule has 15 heteroatoms. The lowest BCUT2D eigenvalue weighted by Gasteiger charge is -2.22. The maximum Gasteiger partial charge on any atom is 0.419 e. The second-order valence-corrected chi connectivity index (χ2v) is 20.4.